The molecule has 0 amide bonds. The third-order valence-electron chi connectivity index (χ3n) is 3.53. The molecule has 2 aromatic heterocycles. The Morgan fingerprint density at radius 2 is 2.26 bits per heavy atom. The Bertz CT molecular complexity index is 559. The molecule has 1 saturated carbocycles. The molecule has 102 valence electrons. The molecular formula is C13H19N5O. The molecule has 6 nitrogen and oxygen atoms in total. The Labute approximate surface area is 111 Å². The van der Waals surface area contributed by atoms with Crippen LogP contribution < -0.4 is 5.32 Å². The molecule has 1 aliphatic carbocycles. The molecule has 2 N–H and O–H groups in total. The van der Waals surface area contributed by atoms with E-state index in [0.29, 0.717) is 18.5 Å². The van der Waals surface area contributed by atoms with Crippen LogP contribution in [0.2, 0.25) is 0 Å². The van der Waals surface area contributed by atoms with Crippen molar-refractivity contribution in [1.29, 1.82) is 0 Å². The highest BCUT2D eigenvalue weighted by atomic mass is 16.3. The number of fused-ring (bicyclic) bond motifs is 1. The van der Waals surface area contributed by atoms with Crippen molar-refractivity contribution in [1.82, 2.24) is 19.7 Å². The lowest BCUT2D eigenvalue weighted by Crippen LogP contribution is -2.16. The molecule has 0 unspecified atom stereocenters. The topological polar surface area (TPSA) is 75.9 Å². The molecule has 2 aromatic rings. The lowest BCUT2D eigenvalue weighted by molar-refractivity contribution is 0.208. The predicted octanol–water partition coefficient (Wildman–Crippen LogP) is 1.73. The standard InChI is InChI=1S/C13H19N5O/c1-9(19)6-14-13-15-7-10-8-18(17-12(10)16-13)11-4-2-3-5-11/h7-9,11,19H,2-6H2,1H3,(H,14,16,17)/t9-/m0/s1. The second kappa shape index (κ2) is 5.13. The van der Waals surface area contributed by atoms with E-state index in [1.54, 1.807) is 13.1 Å². The van der Waals surface area contributed by atoms with Crippen LogP contribution >= 0.6 is 0 Å². The van der Waals surface area contributed by atoms with Crippen LogP contribution in [0.15, 0.2) is 12.4 Å². The molecule has 6 heteroatoms. The monoisotopic (exact) mass is 261 g/mol. The number of anilines is 1. The van der Waals surface area contributed by atoms with Crippen LogP contribution in [0.3, 0.4) is 0 Å². The van der Waals surface area contributed by atoms with Crippen LogP contribution in [0.25, 0.3) is 11.0 Å². The number of aromatic nitrogens is 4. The van der Waals surface area contributed by atoms with Gasteiger partial charge >= 0.3 is 0 Å². The summed E-state index contributed by atoms with van der Waals surface area (Å²) in [6.45, 7) is 2.16. The van der Waals surface area contributed by atoms with Crippen molar-refractivity contribution in [2.45, 2.75) is 44.8 Å². The Morgan fingerprint density at radius 1 is 1.47 bits per heavy atom. The number of aliphatic hydroxyl groups is 1. The highest BCUT2D eigenvalue weighted by Crippen LogP contribution is 2.29. The normalized spacial score (nSPS) is 18.0. The zero-order valence-corrected chi connectivity index (χ0v) is 11.1. The zero-order valence-electron chi connectivity index (χ0n) is 11.1. The first kappa shape index (κ1) is 12.3. The highest BCUT2D eigenvalue weighted by molar-refractivity contribution is 5.73. The maximum absolute atomic E-state index is 9.24. The van der Waals surface area contributed by atoms with Crippen LogP contribution in [0.5, 0.6) is 0 Å². The number of aliphatic hydroxyl groups excluding tert-OH is 1. The molecular weight excluding hydrogens is 242 g/mol. The average molecular weight is 261 g/mol. The number of nitrogens with one attached hydrogen (secondary N) is 1. The van der Waals surface area contributed by atoms with Gasteiger partial charge in [-0.15, -0.1) is 0 Å². The maximum Gasteiger partial charge on any atom is 0.224 e. The SMILES string of the molecule is C[C@H](O)CNc1ncc2cn(C3CCCC3)nc2n1. The number of hydrogen-bond acceptors (Lipinski definition) is 5. The van der Waals surface area contributed by atoms with Crippen molar-refractivity contribution < 1.29 is 5.11 Å². The minimum absolute atomic E-state index is 0.421. The van der Waals surface area contributed by atoms with Crippen LogP contribution in [-0.4, -0.2) is 37.5 Å². The second-order valence-corrected chi connectivity index (χ2v) is 5.25. The fraction of sp³-hybridized carbons (Fsp3) is 0.615. The number of hydrogen-bond donors (Lipinski definition) is 2. The Balaban J connectivity index is 1.82. The summed E-state index contributed by atoms with van der Waals surface area (Å²) in [7, 11) is 0. The van der Waals surface area contributed by atoms with E-state index in [1.807, 2.05) is 10.9 Å². The fourth-order valence-electron chi connectivity index (χ4n) is 2.51. The van der Waals surface area contributed by atoms with Gasteiger partial charge in [-0.2, -0.15) is 10.1 Å². The van der Waals surface area contributed by atoms with Gasteiger partial charge in [0.15, 0.2) is 5.65 Å². The van der Waals surface area contributed by atoms with Crippen molar-refractivity contribution in [3.8, 4) is 0 Å². The summed E-state index contributed by atoms with van der Waals surface area (Å²) in [6.07, 6.45) is 8.37. The van der Waals surface area contributed by atoms with Gasteiger partial charge in [-0.25, -0.2) is 4.98 Å². The lowest BCUT2D eigenvalue weighted by atomic mass is 10.3. The second-order valence-electron chi connectivity index (χ2n) is 5.25. The molecule has 19 heavy (non-hydrogen) atoms. The largest absolute Gasteiger partial charge is 0.392 e. The molecule has 0 aromatic carbocycles. The smallest absolute Gasteiger partial charge is 0.224 e. The first-order valence-corrected chi connectivity index (χ1v) is 6.86. The summed E-state index contributed by atoms with van der Waals surface area (Å²) in [4.78, 5) is 8.61. The van der Waals surface area contributed by atoms with Gasteiger partial charge in [-0.3, -0.25) is 4.68 Å². The zero-order chi connectivity index (χ0) is 13.2. The number of rotatable bonds is 4. The van der Waals surface area contributed by atoms with Gasteiger partial charge in [0.25, 0.3) is 0 Å². The van der Waals surface area contributed by atoms with Gasteiger partial charge in [0.05, 0.1) is 17.5 Å². The molecule has 0 saturated heterocycles. The molecule has 1 atom stereocenters. The molecule has 1 aliphatic rings. The van der Waals surface area contributed by atoms with Gasteiger partial charge in [0, 0.05) is 18.9 Å². The summed E-state index contributed by atoms with van der Waals surface area (Å²) in [5.74, 6) is 0.519. The van der Waals surface area contributed by atoms with E-state index in [4.69, 9.17) is 0 Å². The van der Waals surface area contributed by atoms with Crippen molar-refractivity contribution in [3.05, 3.63) is 12.4 Å². The van der Waals surface area contributed by atoms with Gasteiger partial charge < -0.3 is 10.4 Å². The van der Waals surface area contributed by atoms with Gasteiger partial charge in [-0.05, 0) is 19.8 Å². The minimum atomic E-state index is -0.421. The van der Waals surface area contributed by atoms with Crippen molar-refractivity contribution in [3.63, 3.8) is 0 Å². The van der Waals surface area contributed by atoms with Gasteiger partial charge in [-0.1, -0.05) is 12.8 Å². The van der Waals surface area contributed by atoms with Crippen molar-refractivity contribution >= 4 is 17.0 Å². The Morgan fingerprint density at radius 3 is 3.00 bits per heavy atom. The van der Waals surface area contributed by atoms with Crippen LogP contribution in [-0.2, 0) is 0 Å². The molecule has 0 radical (unpaired) electrons. The number of nitrogens with zero attached hydrogens (tertiary/aromatic N) is 4. The van der Waals surface area contributed by atoms with Gasteiger partial charge in [0.2, 0.25) is 5.95 Å². The average Bonchev–Trinajstić information content (AvgIpc) is 3.04. The molecule has 3 rings (SSSR count). The van der Waals surface area contributed by atoms with Crippen molar-refractivity contribution in [2.24, 2.45) is 0 Å². The van der Waals surface area contributed by atoms with Crippen LogP contribution in [0.1, 0.15) is 38.6 Å². The van der Waals surface area contributed by atoms with E-state index in [2.05, 4.69) is 20.4 Å². The summed E-state index contributed by atoms with van der Waals surface area (Å²) in [5, 5.41) is 17.7. The van der Waals surface area contributed by atoms with E-state index in [9.17, 15) is 5.11 Å². The first-order chi connectivity index (χ1) is 9.22. The lowest BCUT2D eigenvalue weighted by Gasteiger charge is -2.07. The summed E-state index contributed by atoms with van der Waals surface area (Å²) >= 11 is 0. The van der Waals surface area contributed by atoms with Crippen molar-refractivity contribution in [2.75, 3.05) is 11.9 Å². The van der Waals surface area contributed by atoms with E-state index in [1.165, 1.54) is 25.7 Å². The highest BCUT2D eigenvalue weighted by Gasteiger charge is 2.18. The van der Waals surface area contributed by atoms with Gasteiger partial charge in [0.1, 0.15) is 0 Å². The molecule has 0 bridgehead atoms. The van der Waals surface area contributed by atoms with E-state index in [-0.39, 0.29) is 0 Å². The Kier molecular flexibility index (Phi) is 3.33. The van der Waals surface area contributed by atoms with E-state index >= 15 is 0 Å². The first-order valence-electron chi connectivity index (χ1n) is 6.86. The molecule has 2 heterocycles. The molecule has 0 spiro atoms. The van der Waals surface area contributed by atoms with E-state index < -0.39 is 6.10 Å². The Hall–Kier alpha value is -1.69. The van der Waals surface area contributed by atoms with Crippen LogP contribution in [0.4, 0.5) is 5.95 Å². The summed E-state index contributed by atoms with van der Waals surface area (Å²) in [6, 6.07) is 0.517. The fourth-order valence-corrected chi connectivity index (χ4v) is 2.51. The maximum atomic E-state index is 9.24. The molecule has 0 aliphatic heterocycles. The van der Waals surface area contributed by atoms with E-state index in [0.717, 1.165) is 11.0 Å². The summed E-state index contributed by atoms with van der Waals surface area (Å²) < 4.78 is 2.03. The summed E-state index contributed by atoms with van der Waals surface area (Å²) in [5.41, 5.74) is 0.718. The third-order valence-corrected chi connectivity index (χ3v) is 3.53. The van der Waals surface area contributed by atoms with Crippen LogP contribution in [0, 0.1) is 0 Å². The predicted molar refractivity (Wildman–Crippen MR) is 73.0 cm³/mol. The molecule has 1 fully saturated rings. The quantitative estimate of drug-likeness (QED) is 0.876. The minimum Gasteiger partial charge on any atom is -0.392 e. The third kappa shape index (κ3) is 2.68.